The number of rotatable bonds is 3. The van der Waals surface area contributed by atoms with E-state index >= 15 is 0 Å². The van der Waals surface area contributed by atoms with Crippen LogP contribution in [0.15, 0.2) is 16.9 Å². The Kier molecular flexibility index (Phi) is 3.66. The number of aromatic nitrogens is 6. The van der Waals surface area contributed by atoms with Crippen molar-refractivity contribution in [1.29, 1.82) is 0 Å². The quantitative estimate of drug-likeness (QED) is 0.729. The maximum Gasteiger partial charge on any atom is 0.231 e. The van der Waals surface area contributed by atoms with Gasteiger partial charge in [-0.15, -0.1) is 10.2 Å². The zero-order valence-electron chi connectivity index (χ0n) is 14.2. The van der Waals surface area contributed by atoms with E-state index in [9.17, 15) is 0 Å². The first-order valence-electron chi connectivity index (χ1n) is 8.38. The average molecular weight is 327 g/mol. The molecule has 0 radical (unpaired) electrons. The molecule has 4 rings (SSSR count). The van der Waals surface area contributed by atoms with E-state index in [2.05, 4.69) is 50.3 Å². The van der Waals surface area contributed by atoms with Gasteiger partial charge in [-0.25, -0.2) is 0 Å². The fraction of sp³-hybridized carbons (Fsp3) is 0.562. The van der Waals surface area contributed by atoms with Crippen molar-refractivity contribution < 1.29 is 4.52 Å². The molecule has 0 saturated carbocycles. The third-order valence-electron chi connectivity index (χ3n) is 4.46. The Hall–Kier alpha value is -2.51. The van der Waals surface area contributed by atoms with Gasteiger partial charge in [0.25, 0.3) is 0 Å². The monoisotopic (exact) mass is 327 g/mol. The van der Waals surface area contributed by atoms with E-state index in [1.807, 2.05) is 6.92 Å². The maximum atomic E-state index is 5.51. The van der Waals surface area contributed by atoms with Crippen molar-refractivity contribution in [3.05, 3.63) is 29.8 Å². The highest BCUT2D eigenvalue weighted by atomic mass is 16.5. The van der Waals surface area contributed by atoms with E-state index in [0.717, 1.165) is 54.7 Å². The van der Waals surface area contributed by atoms with Crippen LogP contribution in [0.5, 0.6) is 0 Å². The smallest absolute Gasteiger partial charge is 0.231 e. The van der Waals surface area contributed by atoms with Crippen molar-refractivity contribution in [1.82, 2.24) is 30.0 Å². The number of anilines is 1. The fourth-order valence-corrected chi connectivity index (χ4v) is 3.21. The van der Waals surface area contributed by atoms with Gasteiger partial charge in [-0.05, 0) is 25.8 Å². The average Bonchev–Trinajstić information content (AvgIpc) is 3.23. The molecule has 4 heterocycles. The molecular formula is C16H21N7O. The molecule has 8 heteroatoms. The molecule has 0 aromatic carbocycles. The minimum absolute atomic E-state index is 0.246. The molecule has 1 fully saturated rings. The Balaban J connectivity index is 1.63. The lowest BCUT2D eigenvalue weighted by atomic mass is 9.97. The van der Waals surface area contributed by atoms with Gasteiger partial charge >= 0.3 is 0 Å². The maximum absolute atomic E-state index is 5.51. The van der Waals surface area contributed by atoms with Gasteiger partial charge in [0.05, 0.1) is 17.3 Å². The van der Waals surface area contributed by atoms with E-state index in [4.69, 9.17) is 4.52 Å². The first kappa shape index (κ1) is 15.0. The lowest BCUT2D eigenvalue weighted by molar-refractivity contribution is 0.329. The fourth-order valence-electron chi connectivity index (χ4n) is 3.21. The van der Waals surface area contributed by atoms with Gasteiger partial charge in [-0.1, -0.05) is 19.0 Å². The summed E-state index contributed by atoms with van der Waals surface area (Å²) in [4.78, 5) is 6.91. The molecule has 0 amide bonds. The molecule has 0 spiro atoms. The minimum Gasteiger partial charge on any atom is -0.368 e. The van der Waals surface area contributed by atoms with Crippen LogP contribution < -0.4 is 4.90 Å². The first-order chi connectivity index (χ1) is 11.6. The highest BCUT2D eigenvalue weighted by molar-refractivity contribution is 5.68. The molecule has 0 aliphatic carbocycles. The van der Waals surface area contributed by atoms with Gasteiger partial charge in [0.15, 0.2) is 5.82 Å². The highest BCUT2D eigenvalue weighted by Gasteiger charge is 2.28. The van der Waals surface area contributed by atoms with Crippen molar-refractivity contribution in [3.8, 4) is 0 Å². The Labute approximate surface area is 139 Å². The summed E-state index contributed by atoms with van der Waals surface area (Å²) in [5.74, 6) is 2.05. The molecule has 24 heavy (non-hydrogen) atoms. The van der Waals surface area contributed by atoms with E-state index < -0.39 is 0 Å². The first-order valence-corrected chi connectivity index (χ1v) is 8.38. The van der Waals surface area contributed by atoms with Crippen LogP contribution in [0.4, 0.5) is 5.69 Å². The Morgan fingerprint density at radius 1 is 1.33 bits per heavy atom. The predicted molar refractivity (Wildman–Crippen MR) is 88.1 cm³/mol. The number of nitrogens with zero attached hydrogens (tertiary/aromatic N) is 7. The zero-order chi connectivity index (χ0) is 16.7. The second-order valence-electron chi connectivity index (χ2n) is 6.70. The van der Waals surface area contributed by atoms with Gasteiger partial charge in [-0.2, -0.15) is 14.6 Å². The lowest BCUT2D eigenvalue weighted by Gasteiger charge is -2.32. The molecule has 0 N–H and O–H groups in total. The van der Waals surface area contributed by atoms with Gasteiger partial charge in [0, 0.05) is 19.0 Å². The Bertz CT molecular complexity index is 853. The highest BCUT2D eigenvalue weighted by Crippen LogP contribution is 2.31. The summed E-state index contributed by atoms with van der Waals surface area (Å²) >= 11 is 0. The number of fused-ring (bicyclic) bond motifs is 1. The summed E-state index contributed by atoms with van der Waals surface area (Å²) in [5.41, 5.74) is 2.79. The van der Waals surface area contributed by atoms with Crippen LogP contribution in [-0.2, 0) is 0 Å². The van der Waals surface area contributed by atoms with Crippen LogP contribution in [0.2, 0.25) is 0 Å². The standard InChI is InChI=1S/C16H21N7O/c1-10(2)14-18-16(24-21-14)12-5-4-6-22(8-12)13-7-11(3)20-23-9-17-19-15(13)23/h7,9-10,12H,4-6,8H2,1-3H3. The van der Waals surface area contributed by atoms with Gasteiger partial charge in [0.1, 0.15) is 6.33 Å². The van der Waals surface area contributed by atoms with Crippen molar-refractivity contribution in [2.45, 2.75) is 45.4 Å². The predicted octanol–water partition coefficient (Wildman–Crippen LogP) is 2.32. The summed E-state index contributed by atoms with van der Waals surface area (Å²) in [6.07, 6.45) is 3.77. The molecule has 1 atom stereocenters. The van der Waals surface area contributed by atoms with Crippen LogP contribution in [0, 0.1) is 6.92 Å². The molecule has 3 aromatic heterocycles. The Morgan fingerprint density at radius 3 is 3.00 bits per heavy atom. The Morgan fingerprint density at radius 2 is 2.21 bits per heavy atom. The summed E-state index contributed by atoms with van der Waals surface area (Å²) in [6.45, 7) is 7.95. The summed E-state index contributed by atoms with van der Waals surface area (Å²) in [5, 5.41) is 16.7. The molecule has 8 nitrogen and oxygen atoms in total. The SMILES string of the molecule is Cc1cc(N2CCCC(c3nc(C(C)C)no3)C2)c2nncn2n1. The topological polar surface area (TPSA) is 85.2 Å². The second-order valence-corrected chi connectivity index (χ2v) is 6.70. The molecule has 1 saturated heterocycles. The lowest BCUT2D eigenvalue weighted by Crippen LogP contribution is -2.35. The van der Waals surface area contributed by atoms with E-state index in [1.54, 1.807) is 10.8 Å². The third-order valence-corrected chi connectivity index (χ3v) is 4.46. The van der Waals surface area contributed by atoms with Crippen molar-refractivity contribution in [2.24, 2.45) is 0 Å². The largest absolute Gasteiger partial charge is 0.368 e. The van der Waals surface area contributed by atoms with E-state index in [0.29, 0.717) is 0 Å². The summed E-state index contributed by atoms with van der Waals surface area (Å²) in [6, 6.07) is 2.07. The molecular weight excluding hydrogens is 306 g/mol. The number of piperidine rings is 1. The molecule has 0 bridgehead atoms. The van der Waals surface area contributed by atoms with Crippen LogP contribution in [0.25, 0.3) is 5.65 Å². The zero-order valence-corrected chi connectivity index (χ0v) is 14.2. The van der Waals surface area contributed by atoms with Crippen LogP contribution >= 0.6 is 0 Å². The van der Waals surface area contributed by atoms with Crippen LogP contribution in [0.1, 0.15) is 55.9 Å². The van der Waals surface area contributed by atoms with Crippen LogP contribution in [-0.4, -0.2) is 43.0 Å². The second kappa shape index (κ2) is 5.85. The van der Waals surface area contributed by atoms with Gasteiger partial charge in [-0.3, -0.25) is 0 Å². The summed E-state index contributed by atoms with van der Waals surface area (Å²) < 4.78 is 7.25. The molecule has 1 aliphatic rings. The third kappa shape index (κ3) is 2.61. The van der Waals surface area contributed by atoms with E-state index in [1.165, 1.54) is 0 Å². The number of aryl methyl sites for hydroxylation is 1. The van der Waals surface area contributed by atoms with Crippen molar-refractivity contribution >= 4 is 11.3 Å². The van der Waals surface area contributed by atoms with Crippen molar-refractivity contribution in [2.75, 3.05) is 18.0 Å². The molecule has 126 valence electrons. The van der Waals surface area contributed by atoms with Gasteiger partial charge < -0.3 is 9.42 Å². The number of hydrogen-bond donors (Lipinski definition) is 0. The minimum atomic E-state index is 0.246. The molecule has 1 aliphatic heterocycles. The molecule has 1 unspecified atom stereocenters. The van der Waals surface area contributed by atoms with Gasteiger partial charge in [0.2, 0.25) is 11.5 Å². The normalized spacial score (nSPS) is 18.7. The van der Waals surface area contributed by atoms with E-state index in [-0.39, 0.29) is 11.8 Å². The van der Waals surface area contributed by atoms with Crippen LogP contribution in [0.3, 0.4) is 0 Å². The number of hydrogen-bond acceptors (Lipinski definition) is 7. The van der Waals surface area contributed by atoms with Crippen molar-refractivity contribution in [3.63, 3.8) is 0 Å². The molecule has 3 aromatic rings. The summed E-state index contributed by atoms with van der Waals surface area (Å²) in [7, 11) is 0.